The fourth-order valence-electron chi connectivity index (χ4n) is 4.15. The van der Waals surface area contributed by atoms with E-state index in [1.165, 1.54) is 18.6 Å². The summed E-state index contributed by atoms with van der Waals surface area (Å²) in [5.41, 5.74) is 0.641. The van der Waals surface area contributed by atoms with Crippen LogP contribution in [0.25, 0.3) is 11.4 Å². The van der Waals surface area contributed by atoms with Crippen LogP contribution in [0.5, 0.6) is 0 Å². The van der Waals surface area contributed by atoms with E-state index < -0.39 is 0 Å². The number of rotatable bonds is 8. The number of aryl methyl sites for hydroxylation is 1. The van der Waals surface area contributed by atoms with Crippen molar-refractivity contribution in [3.8, 4) is 11.4 Å². The molecule has 1 amide bonds. The summed E-state index contributed by atoms with van der Waals surface area (Å²) in [6, 6.07) is 5.96. The van der Waals surface area contributed by atoms with Gasteiger partial charge in [0.15, 0.2) is 0 Å². The lowest BCUT2D eigenvalue weighted by molar-refractivity contribution is -0.121. The molecular formula is C23H33FN4O2. The van der Waals surface area contributed by atoms with Gasteiger partial charge in [-0.1, -0.05) is 19.0 Å². The Labute approximate surface area is 178 Å². The van der Waals surface area contributed by atoms with Gasteiger partial charge >= 0.3 is 0 Å². The molecule has 0 radical (unpaired) electrons. The number of benzene rings is 1. The number of piperidine rings is 1. The topological polar surface area (TPSA) is 71.3 Å². The molecule has 0 bridgehead atoms. The first-order valence-corrected chi connectivity index (χ1v) is 10.8. The van der Waals surface area contributed by atoms with Gasteiger partial charge in [0.05, 0.1) is 0 Å². The highest BCUT2D eigenvalue weighted by Gasteiger charge is 2.32. The van der Waals surface area contributed by atoms with Crippen LogP contribution in [0.4, 0.5) is 4.39 Å². The first-order valence-electron chi connectivity index (χ1n) is 10.8. The highest BCUT2D eigenvalue weighted by Crippen LogP contribution is 2.27. The van der Waals surface area contributed by atoms with Gasteiger partial charge in [-0.2, -0.15) is 4.98 Å². The zero-order valence-corrected chi connectivity index (χ0v) is 18.4. The van der Waals surface area contributed by atoms with Crippen molar-refractivity contribution in [3.05, 3.63) is 36.0 Å². The Morgan fingerprint density at radius 1 is 1.23 bits per heavy atom. The Balaban J connectivity index is 1.41. The molecule has 0 saturated carbocycles. The molecule has 2 heterocycles. The van der Waals surface area contributed by atoms with E-state index in [9.17, 15) is 9.18 Å². The Hall–Kier alpha value is -2.28. The molecule has 1 aromatic carbocycles. The van der Waals surface area contributed by atoms with Crippen LogP contribution >= 0.6 is 0 Å². The minimum atomic E-state index is -0.305. The Morgan fingerprint density at radius 2 is 1.90 bits per heavy atom. The zero-order valence-electron chi connectivity index (χ0n) is 18.4. The maximum absolute atomic E-state index is 13.0. The number of hydrogen-bond donors (Lipinski definition) is 1. The molecule has 1 aliphatic rings. The van der Waals surface area contributed by atoms with Crippen LogP contribution in [0.2, 0.25) is 0 Å². The molecule has 30 heavy (non-hydrogen) atoms. The van der Waals surface area contributed by atoms with Crippen molar-refractivity contribution >= 4 is 5.91 Å². The van der Waals surface area contributed by atoms with Crippen molar-refractivity contribution in [1.82, 2.24) is 20.4 Å². The van der Waals surface area contributed by atoms with Crippen molar-refractivity contribution in [1.29, 1.82) is 0 Å². The summed E-state index contributed by atoms with van der Waals surface area (Å²) in [5, 5.41) is 7.02. The lowest BCUT2D eigenvalue weighted by Crippen LogP contribution is -2.56. The van der Waals surface area contributed by atoms with Crippen molar-refractivity contribution in [3.63, 3.8) is 0 Å². The number of amides is 1. The number of carbonyl (C=O) groups is 1. The van der Waals surface area contributed by atoms with Gasteiger partial charge < -0.3 is 9.84 Å². The fraction of sp³-hybridized carbons (Fsp3) is 0.609. The highest BCUT2D eigenvalue weighted by atomic mass is 19.1. The van der Waals surface area contributed by atoms with Crippen LogP contribution in [-0.2, 0) is 11.2 Å². The number of aromatic nitrogens is 2. The maximum Gasteiger partial charge on any atom is 0.226 e. The minimum Gasteiger partial charge on any atom is -0.354 e. The molecule has 0 spiro atoms. The van der Waals surface area contributed by atoms with Crippen LogP contribution < -0.4 is 5.32 Å². The second-order valence-corrected chi connectivity index (χ2v) is 9.31. The Kier molecular flexibility index (Phi) is 7.23. The molecule has 1 aromatic heterocycles. The van der Waals surface area contributed by atoms with Gasteiger partial charge in [-0.3, -0.25) is 9.69 Å². The Bertz CT molecular complexity index is 824. The van der Waals surface area contributed by atoms with Crippen molar-refractivity contribution in [2.45, 2.75) is 58.9 Å². The number of nitrogens with zero attached hydrogens (tertiary/aromatic N) is 3. The van der Waals surface area contributed by atoms with Crippen molar-refractivity contribution in [2.24, 2.45) is 11.8 Å². The fourth-order valence-corrected chi connectivity index (χ4v) is 4.15. The average molecular weight is 417 g/mol. The molecular weight excluding hydrogens is 383 g/mol. The summed E-state index contributed by atoms with van der Waals surface area (Å²) in [6.45, 7) is 11.8. The van der Waals surface area contributed by atoms with Crippen LogP contribution in [0.1, 0.15) is 52.8 Å². The summed E-state index contributed by atoms with van der Waals surface area (Å²) in [4.78, 5) is 19.1. The lowest BCUT2D eigenvalue weighted by Gasteiger charge is -2.45. The lowest BCUT2D eigenvalue weighted by atomic mass is 9.88. The molecule has 6 nitrogen and oxygen atoms in total. The zero-order chi connectivity index (χ0) is 21.7. The molecule has 2 aromatic rings. The molecule has 2 atom stereocenters. The SMILES string of the molecule is CC1CC(C)CN(C(C)(C)CNC(=O)CCCc2nc(-c3ccc(F)cc3)no2)C1. The molecule has 7 heteroatoms. The summed E-state index contributed by atoms with van der Waals surface area (Å²) < 4.78 is 18.3. The molecule has 164 valence electrons. The minimum absolute atomic E-state index is 0.0412. The first-order chi connectivity index (χ1) is 14.2. The van der Waals surface area contributed by atoms with Gasteiger partial charge in [0.25, 0.3) is 0 Å². The first kappa shape index (κ1) is 22.4. The van der Waals surface area contributed by atoms with Crippen LogP contribution in [0, 0.1) is 17.7 Å². The van der Waals surface area contributed by atoms with Gasteiger partial charge in [0.2, 0.25) is 17.6 Å². The number of nitrogens with one attached hydrogen (secondary N) is 1. The molecule has 3 rings (SSSR count). The van der Waals surface area contributed by atoms with Gasteiger partial charge in [-0.25, -0.2) is 4.39 Å². The second kappa shape index (κ2) is 9.69. The van der Waals surface area contributed by atoms with Crippen LogP contribution in [0.15, 0.2) is 28.8 Å². The number of halogens is 1. The van der Waals surface area contributed by atoms with E-state index in [1.54, 1.807) is 12.1 Å². The van der Waals surface area contributed by atoms with Gasteiger partial charge in [0, 0.05) is 43.6 Å². The predicted molar refractivity (Wildman–Crippen MR) is 114 cm³/mol. The quantitative estimate of drug-likeness (QED) is 0.702. The molecule has 1 fully saturated rings. The average Bonchev–Trinajstić information content (AvgIpc) is 3.15. The number of likely N-dealkylation sites (tertiary alicyclic amines) is 1. The van der Waals surface area contributed by atoms with Gasteiger partial charge in [0.1, 0.15) is 5.82 Å². The highest BCUT2D eigenvalue weighted by molar-refractivity contribution is 5.75. The molecule has 2 unspecified atom stereocenters. The predicted octanol–water partition coefficient (Wildman–Crippen LogP) is 4.07. The molecule has 0 aliphatic carbocycles. The van der Waals surface area contributed by atoms with E-state index in [2.05, 4.69) is 48.1 Å². The summed E-state index contributed by atoms with van der Waals surface area (Å²) in [5.74, 6) is 2.04. The molecule has 1 N–H and O–H groups in total. The van der Waals surface area contributed by atoms with E-state index in [1.807, 2.05) is 0 Å². The largest absolute Gasteiger partial charge is 0.354 e. The van der Waals surface area contributed by atoms with E-state index in [4.69, 9.17) is 4.52 Å². The smallest absolute Gasteiger partial charge is 0.226 e. The van der Waals surface area contributed by atoms with E-state index in [0.29, 0.717) is 54.9 Å². The number of carbonyl (C=O) groups excluding carboxylic acids is 1. The van der Waals surface area contributed by atoms with Gasteiger partial charge in [-0.05, 0) is 62.8 Å². The van der Waals surface area contributed by atoms with Gasteiger partial charge in [-0.15, -0.1) is 0 Å². The Morgan fingerprint density at radius 3 is 2.57 bits per heavy atom. The maximum atomic E-state index is 13.0. The van der Waals surface area contributed by atoms with E-state index in [0.717, 1.165) is 13.1 Å². The van der Waals surface area contributed by atoms with Crippen LogP contribution in [-0.4, -0.2) is 46.1 Å². The third-order valence-electron chi connectivity index (χ3n) is 5.81. The summed E-state index contributed by atoms with van der Waals surface area (Å²) in [7, 11) is 0. The third kappa shape index (κ3) is 6.11. The molecule has 1 aliphatic heterocycles. The standard InChI is InChI=1S/C23H33FN4O2/c1-16-12-17(2)14-28(13-16)23(3,4)15-25-20(29)6-5-7-21-26-22(27-30-21)18-8-10-19(24)11-9-18/h8-11,16-17H,5-7,12-15H2,1-4H3,(H,25,29). The molecule has 1 saturated heterocycles. The van der Waals surface area contributed by atoms with E-state index >= 15 is 0 Å². The third-order valence-corrected chi connectivity index (χ3v) is 5.81. The van der Waals surface area contributed by atoms with Crippen LogP contribution in [0.3, 0.4) is 0 Å². The summed E-state index contributed by atoms with van der Waals surface area (Å²) in [6.07, 6.45) is 2.86. The second-order valence-electron chi connectivity index (χ2n) is 9.31. The number of hydrogen-bond acceptors (Lipinski definition) is 5. The van der Waals surface area contributed by atoms with E-state index in [-0.39, 0.29) is 17.3 Å². The summed E-state index contributed by atoms with van der Waals surface area (Å²) >= 11 is 0. The monoisotopic (exact) mass is 416 g/mol. The normalized spacial score (nSPS) is 20.3. The van der Waals surface area contributed by atoms with Crippen molar-refractivity contribution < 1.29 is 13.7 Å². The van der Waals surface area contributed by atoms with Crippen molar-refractivity contribution in [2.75, 3.05) is 19.6 Å².